The third-order valence-corrected chi connectivity index (χ3v) is 4.77. The Bertz CT molecular complexity index is 443. The highest BCUT2D eigenvalue weighted by Gasteiger charge is 2.27. The summed E-state index contributed by atoms with van der Waals surface area (Å²) in [5.74, 6) is -0.439. The van der Waals surface area contributed by atoms with Crippen molar-refractivity contribution < 1.29 is 18.8 Å². The van der Waals surface area contributed by atoms with E-state index in [2.05, 4.69) is 4.72 Å². The van der Waals surface area contributed by atoms with Gasteiger partial charge in [-0.15, -0.1) is 11.3 Å². The van der Waals surface area contributed by atoms with Gasteiger partial charge in [0.05, 0.1) is 12.7 Å². The number of β-amino-alcohol motifs (C(OH)–C–C–N with tert-alkyl or cyclic N) is 1. The molecule has 2 heterocycles. The highest BCUT2D eigenvalue weighted by molar-refractivity contribution is 7.85. The van der Waals surface area contributed by atoms with Gasteiger partial charge in [0.2, 0.25) is 0 Å². The lowest BCUT2D eigenvalue weighted by Crippen LogP contribution is -2.28. The minimum absolute atomic E-state index is 0.235. The summed E-state index contributed by atoms with van der Waals surface area (Å²) < 4.78 is 19.6. The molecular weight excluding hydrogens is 250 g/mol. The highest BCUT2D eigenvalue weighted by Crippen LogP contribution is 2.33. The number of fused-ring (bicyclic) bond motifs is 1. The minimum Gasteiger partial charge on any atom is -0.462 e. The second kappa shape index (κ2) is 4.62. The van der Waals surface area contributed by atoms with Gasteiger partial charge in [-0.05, 0) is 13.0 Å². The minimum atomic E-state index is -1.33. The van der Waals surface area contributed by atoms with Gasteiger partial charge in [0, 0.05) is 12.1 Å². The first-order valence-electron chi connectivity index (χ1n) is 4.77. The van der Waals surface area contributed by atoms with E-state index in [1.807, 2.05) is 0 Å². The molecule has 0 saturated heterocycles. The number of aliphatic hydroxyl groups excluding tert-OH is 1. The van der Waals surface area contributed by atoms with E-state index in [0.717, 1.165) is 11.3 Å². The van der Waals surface area contributed by atoms with Crippen LogP contribution in [0.15, 0.2) is 10.3 Å². The van der Waals surface area contributed by atoms with Crippen molar-refractivity contribution in [2.45, 2.75) is 17.2 Å². The molecule has 16 heavy (non-hydrogen) atoms. The van der Waals surface area contributed by atoms with Crippen LogP contribution in [-0.4, -0.2) is 28.4 Å². The van der Waals surface area contributed by atoms with Crippen molar-refractivity contribution in [3.8, 4) is 0 Å². The Morgan fingerprint density at radius 2 is 2.56 bits per heavy atom. The summed E-state index contributed by atoms with van der Waals surface area (Å²) in [6.45, 7) is 2.25. The van der Waals surface area contributed by atoms with Crippen LogP contribution in [0, 0.1) is 0 Å². The standard InChI is InChI=1S/C9H11NO4S2/c1-2-14-8(12)7-3-5-6(11)4-10-16(13)9(5)15-7/h3,6,10-11H,2,4H2,1H3. The number of rotatable bonds is 2. The average Bonchev–Trinajstić information content (AvgIpc) is 2.70. The smallest absolute Gasteiger partial charge is 0.348 e. The largest absolute Gasteiger partial charge is 0.462 e. The number of carbonyl (C=O) groups excluding carboxylic acids is 1. The van der Waals surface area contributed by atoms with E-state index < -0.39 is 23.1 Å². The van der Waals surface area contributed by atoms with Crippen molar-refractivity contribution in [3.05, 3.63) is 16.5 Å². The summed E-state index contributed by atoms with van der Waals surface area (Å²) in [5.41, 5.74) is 0.560. The van der Waals surface area contributed by atoms with Gasteiger partial charge < -0.3 is 9.84 Å². The predicted molar refractivity (Wildman–Crippen MR) is 59.6 cm³/mol. The van der Waals surface area contributed by atoms with Crippen LogP contribution >= 0.6 is 11.3 Å². The van der Waals surface area contributed by atoms with E-state index in [9.17, 15) is 14.1 Å². The Morgan fingerprint density at radius 1 is 1.81 bits per heavy atom. The summed E-state index contributed by atoms with van der Waals surface area (Å²) in [5, 5.41) is 9.66. The van der Waals surface area contributed by atoms with E-state index >= 15 is 0 Å². The Balaban J connectivity index is 2.35. The molecule has 2 N–H and O–H groups in total. The number of hydrogen-bond acceptors (Lipinski definition) is 5. The van der Waals surface area contributed by atoms with E-state index in [0.29, 0.717) is 21.3 Å². The van der Waals surface area contributed by atoms with E-state index in [1.165, 1.54) is 0 Å². The van der Waals surface area contributed by atoms with Crippen molar-refractivity contribution in [1.82, 2.24) is 4.72 Å². The first-order chi connectivity index (χ1) is 7.63. The second-order valence-electron chi connectivity index (χ2n) is 3.21. The van der Waals surface area contributed by atoms with E-state index in [-0.39, 0.29) is 6.54 Å². The molecule has 1 aromatic heterocycles. The number of esters is 1. The molecule has 0 radical (unpaired) electrons. The summed E-state index contributed by atoms with van der Waals surface area (Å²) in [6.07, 6.45) is -0.716. The zero-order valence-corrected chi connectivity index (χ0v) is 10.2. The second-order valence-corrected chi connectivity index (χ2v) is 5.75. The van der Waals surface area contributed by atoms with Crippen LogP contribution in [0.1, 0.15) is 28.3 Å². The van der Waals surface area contributed by atoms with Gasteiger partial charge in [0.1, 0.15) is 20.1 Å². The molecule has 0 fully saturated rings. The average molecular weight is 261 g/mol. The van der Waals surface area contributed by atoms with Gasteiger partial charge in [-0.2, -0.15) is 0 Å². The molecule has 5 nitrogen and oxygen atoms in total. The molecule has 1 aliphatic heterocycles. The summed E-state index contributed by atoms with van der Waals surface area (Å²) in [6, 6.07) is 1.56. The third-order valence-electron chi connectivity index (χ3n) is 2.14. The van der Waals surface area contributed by atoms with Crippen molar-refractivity contribution in [1.29, 1.82) is 0 Å². The Kier molecular flexibility index (Phi) is 3.38. The number of thiophene rings is 1. The maximum atomic E-state index is 11.6. The van der Waals surface area contributed by atoms with Gasteiger partial charge in [-0.25, -0.2) is 13.7 Å². The summed E-state index contributed by atoms with van der Waals surface area (Å²) >= 11 is 1.10. The monoisotopic (exact) mass is 261 g/mol. The highest BCUT2D eigenvalue weighted by atomic mass is 32.2. The van der Waals surface area contributed by atoms with Crippen LogP contribution in [0.2, 0.25) is 0 Å². The molecule has 2 rings (SSSR count). The van der Waals surface area contributed by atoms with Crippen LogP contribution in [0.4, 0.5) is 0 Å². The molecule has 2 atom stereocenters. The molecule has 1 aromatic rings. The molecular formula is C9H11NO4S2. The maximum absolute atomic E-state index is 11.6. The zero-order chi connectivity index (χ0) is 11.7. The normalized spacial score (nSPS) is 23.9. The number of nitrogens with one attached hydrogen (secondary N) is 1. The lowest BCUT2D eigenvalue weighted by Gasteiger charge is -2.17. The quantitative estimate of drug-likeness (QED) is 0.764. The fourth-order valence-electron chi connectivity index (χ4n) is 1.40. The lowest BCUT2D eigenvalue weighted by atomic mass is 10.2. The van der Waals surface area contributed by atoms with Crippen molar-refractivity contribution >= 4 is 28.3 Å². The Labute approximate surface area is 99.0 Å². The molecule has 0 saturated carbocycles. The first kappa shape index (κ1) is 11.7. The van der Waals surface area contributed by atoms with Gasteiger partial charge in [-0.3, -0.25) is 0 Å². The third kappa shape index (κ3) is 2.03. The van der Waals surface area contributed by atoms with Gasteiger partial charge in [0.15, 0.2) is 0 Å². The van der Waals surface area contributed by atoms with Crippen molar-refractivity contribution in [3.63, 3.8) is 0 Å². The van der Waals surface area contributed by atoms with Gasteiger partial charge >= 0.3 is 5.97 Å². The molecule has 0 bridgehead atoms. The topological polar surface area (TPSA) is 75.6 Å². The maximum Gasteiger partial charge on any atom is 0.348 e. The number of aliphatic hydroxyl groups is 1. The predicted octanol–water partition coefficient (Wildman–Crippen LogP) is 0.584. The Morgan fingerprint density at radius 3 is 3.19 bits per heavy atom. The summed E-state index contributed by atoms with van der Waals surface area (Å²) in [4.78, 5) is 11.8. The fourth-order valence-corrected chi connectivity index (χ4v) is 3.84. The van der Waals surface area contributed by atoms with E-state index in [4.69, 9.17) is 4.74 Å². The Hall–Kier alpha value is -0.760. The summed E-state index contributed by atoms with van der Waals surface area (Å²) in [7, 11) is -1.33. The molecule has 0 spiro atoms. The number of hydrogen-bond donors (Lipinski definition) is 2. The first-order valence-corrected chi connectivity index (χ1v) is 6.74. The van der Waals surface area contributed by atoms with Gasteiger partial charge in [0.25, 0.3) is 0 Å². The molecule has 88 valence electrons. The molecule has 0 aliphatic carbocycles. The zero-order valence-electron chi connectivity index (χ0n) is 8.56. The van der Waals surface area contributed by atoms with Crippen LogP contribution < -0.4 is 4.72 Å². The number of ether oxygens (including phenoxy) is 1. The molecule has 0 amide bonds. The lowest BCUT2D eigenvalue weighted by molar-refractivity contribution is 0.0532. The van der Waals surface area contributed by atoms with E-state index in [1.54, 1.807) is 13.0 Å². The van der Waals surface area contributed by atoms with Crippen molar-refractivity contribution in [2.24, 2.45) is 0 Å². The van der Waals surface area contributed by atoms with Crippen LogP contribution in [0.25, 0.3) is 0 Å². The molecule has 7 heteroatoms. The van der Waals surface area contributed by atoms with Gasteiger partial charge in [-0.1, -0.05) is 0 Å². The van der Waals surface area contributed by atoms with Crippen LogP contribution in [-0.2, 0) is 15.7 Å². The molecule has 2 unspecified atom stereocenters. The van der Waals surface area contributed by atoms with Crippen molar-refractivity contribution in [2.75, 3.05) is 13.2 Å². The molecule has 0 aromatic carbocycles. The van der Waals surface area contributed by atoms with Crippen LogP contribution in [0.5, 0.6) is 0 Å². The fraction of sp³-hybridized carbons (Fsp3) is 0.444. The SMILES string of the molecule is CCOC(=O)c1cc2c(s1)S(=O)NCC2O. The number of carbonyl (C=O) groups is 1. The molecule has 1 aliphatic rings. The van der Waals surface area contributed by atoms with Crippen LogP contribution in [0.3, 0.4) is 0 Å².